The second-order valence-electron chi connectivity index (χ2n) is 12.6. The zero-order valence-corrected chi connectivity index (χ0v) is 26.6. The summed E-state index contributed by atoms with van der Waals surface area (Å²) in [6, 6.07) is 62.6. The Morgan fingerprint density at radius 1 is 0.347 bits per heavy atom. The molecule has 0 unspecified atom stereocenters. The Labute approximate surface area is 283 Å². The van der Waals surface area contributed by atoms with Gasteiger partial charge in [0.25, 0.3) is 0 Å². The quantitative estimate of drug-likeness (QED) is 0.195. The van der Waals surface area contributed by atoms with E-state index in [1.165, 1.54) is 43.7 Å². The smallest absolute Gasteiger partial charge is 0.0979 e. The summed E-state index contributed by atoms with van der Waals surface area (Å²) in [7, 11) is 0. The first-order valence-corrected chi connectivity index (χ1v) is 16.7. The molecule has 0 atom stereocenters. The zero-order chi connectivity index (χ0) is 32.3. The summed E-state index contributed by atoms with van der Waals surface area (Å²) in [4.78, 5) is 10.6. The lowest BCUT2D eigenvalue weighted by molar-refractivity contribution is 1.20. The number of hydrogen-bond acceptors (Lipinski definition) is 2. The van der Waals surface area contributed by atoms with Gasteiger partial charge in [-0.25, -0.2) is 9.97 Å². The molecule has 0 aliphatic rings. The second kappa shape index (κ2) is 11.0. The third kappa shape index (κ3) is 4.44. The van der Waals surface area contributed by atoms with Crippen molar-refractivity contribution in [2.45, 2.75) is 0 Å². The summed E-state index contributed by atoms with van der Waals surface area (Å²) < 4.78 is 2.43. The van der Waals surface area contributed by atoms with Crippen LogP contribution in [0, 0.1) is 0 Å². The van der Waals surface area contributed by atoms with Crippen LogP contribution < -0.4 is 0 Å². The molecule has 0 spiro atoms. The highest BCUT2D eigenvalue weighted by Gasteiger charge is 2.20. The van der Waals surface area contributed by atoms with Gasteiger partial charge >= 0.3 is 0 Å². The maximum atomic E-state index is 5.31. The third-order valence-electron chi connectivity index (χ3n) is 9.77. The summed E-state index contributed by atoms with van der Waals surface area (Å²) in [5.41, 5.74) is 11.5. The average Bonchev–Trinajstić information content (AvgIpc) is 3.49. The molecule has 0 aliphatic carbocycles. The highest BCUT2D eigenvalue weighted by atomic mass is 15.0. The molecule has 0 radical (unpaired) electrons. The highest BCUT2D eigenvalue weighted by molar-refractivity contribution is 6.15. The van der Waals surface area contributed by atoms with Crippen molar-refractivity contribution in [2.75, 3.05) is 0 Å². The molecule has 0 amide bonds. The molecule has 228 valence electrons. The van der Waals surface area contributed by atoms with Crippen LogP contribution in [0.15, 0.2) is 176 Å². The molecule has 2 heterocycles. The average molecular weight is 624 g/mol. The Kier molecular flexibility index (Phi) is 6.18. The van der Waals surface area contributed by atoms with Crippen LogP contribution in [0.1, 0.15) is 0 Å². The summed E-state index contributed by atoms with van der Waals surface area (Å²) in [5.74, 6) is 0. The van der Waals surface area contributed by atoms with Crippen LogP contribution >= 0.6 is 0 Å². The summed E-state index contributed by atoms with van der Waals surface area (Å²) in [5, 5.41) is 7.28. The van der Waals surface area contributed by atoms with Crippen LogP contribution in [0.25, 0.3) is 93.7 Å². The van der Waals surface area contributed by atoms with E-state index in [1.807, 2.05) is 30.3 Å². The minimum absolute atomic E-state index is 0.875. The van der Waals surface area contributed by atoms with Crippen molar-refractivity contribution >= 4 is 54.4 Å². The summed E-state index contributed by atoms with van der Waals surface area (Å²) in [6.07, 6.45) is 0. The van der Waals surface area contributed by atoms with Crippen molar-refractivity contribution in [3.8, 4) is 39.3 Å². The first-order valence-electron chi connectivity index (χ1n) is 16.7. The number of rotatable bonds is 4. The predicted octanol–water partition coefficient (Wildman–Crippen LogP) is 12.0. The standard InChI is InChI=1S/C46H29N3/c1-2-12-30(13-3-1)31-22-24-32(25-23-31)45-46(48-41-20-10-9-19-40(41)47-45)38-26-27-43(36-17-7-6-16-35(36)38)49-42-21-11-8-18-37(42)39-28-33-14-4-5-15-34(33)29-44(39)49/h1-29H. The normalized spacial score (nSPS) is 11.7. The fraction of sp³-hybridized carbons (Fsp3) is 0. The number of hydrogen-bond donors (Lipinski definition) is 0. The highest BCUT2D eigenvalue weighted by Crippen LogP contribution is 2.41. The van der Waals surface area contributed by atoms with Gasteiger partial charge in [-0.15, -0.1) is 0 Å². The molecular formula is C46H29N3. The lowest BCUT2D eigenvalue weighted by atomic mass is 9.96. The second-order valence-corrected chi connectivity index (χ2v) is 12.6. The molecular weight excluding hydrogens is 595 g/mol. The van der Waals surface area contributed by atoms with E-state index in [9.17, 15) is 0 Å². The molecule has 3 heteroatoms. The molecule has 0 saturated carbocycles. The fourth-order valence-electron chi connectivity index (χ4n) is 7.44. The molecule has 0 saturated heterocycles. The van der Waals surface area contributed by atoms with Gasteiger partial charge in [0.1, 0.15) is 0 Å². The van der Waals surface area contributed by atoms with Crippen molar-refractivity contribution < 1.29 is 0 Å². The lowest BCUT2D eigenvalue weighted by Crippen LogP contribution is -1.99. The predicted molar refractivity (Wildman–Crippen MR) is 205 cm³/mol. The Morgan fingerprint density at radius 2 is 0.918 bits per heavy atom. The minimum Gasteiger partial charge on any atom is -0.309 e. The maximum Gasteiger partial charge on any atom is 0.0979 e. The van der Waals surface area contributed by atoms with Crippen molar-refractivity contribution in [2.24, 2.45) is 0 Å². The lowest BCUT2D eigenvalue weighted by Gasteiger charge is -2.17. The first-order chi connectivity index (χ1) is 24.3. The third-order valence-corrected chi connectivity index (χ3v) is 9.77. The van der Waals surface area contributed by atoms with E-state index in [0.29, 0.717) is 0 Å². The van der Waals surface area contributed by atoms with Crippen LogP contribution in [0.2, 0.25) is 0 Å². The van der Waals surface area contributed by atoms with Crippen LogP contribution in [-0.2, 0) is 0 Å². The Hall–Kier alpha value is -6.58. The van der Waals surface area contributed by atoms with E-state index in [1.54, 1.807) is 0 Å². The van der Waals surface area contributed by atoms with Gasteiger partial charge in [-0.05, 0) is 69.8 Å². The van der Waals surface area contributed by atoms with Gasteiger partial charge in [0.05, 0.1) is 39.1 Å². The molecule has 2 aromatic heterocycles. The van der Waals surface area contributed by atoms with Gasteiger partial charge in [-0.2, -0.15) is 0 Å². The van der Waals surface area contributed by atoms with Gasteiger partial charge < -0.3 is 4.57 Å². The topological polar surface area (TPSA) is 30.7 Å². The van der Waals surface area contributed by atoms with Gasteiger partial charge in [-0.3, -0.25) is 0 Å². The van der Waals surface area contributed by atoms with Crippen molar-refractivity contribution in [3.63, 3.8) is 0 Å². The Balaban J connectivity index is 1.22. The molecule has 49 heavy (non-hydrogen) atoms. The Bertz CT molecular complexity index is 2870. The SMILES string of the molecule is c1ccc(-c2ccc(-c3nc4ccccc4nc3-c3ccc(-n4c5ccccc5c5cc6ccccc6cc54)c4ccccc34)cc2)cc1. The number of aromatic nitrogens is 3. The minimum atomic E-state index is 0.875. The van der Waals surface area contributed by atoms with Crippen molar-refractivity contribution in [1.82, 2.24) is 14.5 Å². The van der Waals surface area contributed by atoms with Crippen molar-refractivity contribution in [3.05, 3.63) is 176 Å². The Morgan fingerprint density at radius 3 is 1.69 bits per heavy atom. The van der Waals surface area contributed by atoms with Crippen LogP contribution in [-0.4, -0.2) is 14.5 Å². The number of fused-ring (bicyclic) bond motifs is 6. The van der Waals surface area contributed by atoms with Gasteiger partial charge in [0, 0.05) is 27.3 Å². The van der Waals surface area contributed by atoms with Gasteiger partial charge in [0.2, 0.25) is 0 Å². The van der Waals surface area contributed by atoms with Gasteiger partial charge in [-0.1, -0.05) is 133 Å². The molecule has 10 aromatic rings. The zero-order valence-electron chi connectivity index (χ0n) is 26.6. The largest absolute Gasteiger partial charge is 0.309 e. The molecule has 8 aromatic carbocycles. The van der Waals surface area contributed by atoms with E-state index < -0.39 is 0 Å². The van der Waals surface area contributed by atoms with Crippen LogP contribution in [0.5, 0.6) is 0 Å². The first kappa shape index (κ1) is 27.5. The molecule has 0 aliphatic heterocycles. The fourth-order valence-corrected chi connectivity index (χ4v) is 7.44. The summed E-state index contributed by atoms with van der Waals surface area (Å²) in [6.45, 7) is 0. The number of benzene rings is 8. The van der Waals surface area contributed by atoms with Gasteiger partial charge in [0.15, 0.2) is 0 Å². The number of nitrogens with zero attached hydrogens (tertiary/aromatic N) is 3. The van der Waals surface area contributed by atoms with Crippen molar-refractivity contribution in [1.29, 1.82) is 0 Å². The van der Waals surface area contributed by atoms with Crippen LogP contribution in [0.3, 0.4) is 0 Å². The molecule has 3 nitrogen and oxygen atoms in total. The number of para-hydroxylation sites is 3. The van der Waals surface area contributed by atoms with E-state index in [4.69, 9.17) is 9.97 Å². The summed E-state index contributed by atoms with van der Waals surface area (Å²) >= 11 is 0. The molecule has 0 bridgehead atoms. The van der Waals surface area contributed by atoms with E-state index in [2.05, 4.69) is 150 Å². The monoisotopic (exact) mass is 623 g/mol. The van der Waals surface area contributed by atoms with E-state index >= 15 is 0 Å². The molecule has 10 rings (SSSR count). The maximum absolute atomic E-state index is 5.31. The van der Waals surface area contributed by atoms with E-state index in [-0.39, 0.29) is 0 Å². The molecule has 0 N–H and O–H groups in total. The van der Waals surface area contributed by atoms with E-state index in [0.717, 1.165) is 50.0 Å². The van der Waals surface area contributed by atoms with Crippen LogP contribution in [0.4, 0.5) is 0 Å². The molecule has 0 fully saturated rings.